The molecule has 1 unspecified atom stereocenters. The summed E-state index contributed by atoms with van der Waals surface area (Å²) in [5.41, 5.74) is 4.61. The van der Waals surface area contributed by atoms with Crippen LogP contribution in [-0.4, -0.2) is 16.3 Å². The number of hydrogen-bond acceptors (Lipinski definition) is 6. The van der Waals surface area contributed by atoms with Gasteiger partial charge in [-0.2, -0.15) is 10.5 Å². The molecule has 1 atom stereocenters. The fourth-order valence-corrected chi connectivity index (χ4v) is 3.89. The molecule has 4 rings (SSSR count). The molecule has 0 saturated carbocycles. The van der Waals surface area contributed by atoms with E-state index in [1.165, 1.54) is 12.3 Å². The molecule has 0 aliphatic heterocycles. The van der Waals surface area contributed by atoms with Gasteiger partial charge in [0, 0.05) is 34.7 Å². The maximum atomic E-state index is 11.7. The fraction of sp³-hybridized carbons (Fsp3) is 0.0690. The highest BCUT2D eigenvalue weighted by atomic mass is 35.5. The van der Waals surface area contributed by atoms with Gasteiger partial charge in [-0.05, 0) is 48.4 Å². The van der Waals surface area contributed by atoms with E-state index in [0.717, 1.165) is 11.1 Å². The van der Waals surface area contributed by atoms with E-state index < -0.39 is 6.10 Å². The summed E-state index contributed by atoms with van der Waals surface area (Å²) in [5.74, 6) is 0.329. The van der Waals surface area contributed by atoms with E-state index in [2.05, 4.69) is 22.1 Å². The first kappa shape index (κ1) is 24.3. The topological polar surface area (TPSA) is 99.7 Å². The van der Waals surface area contributed by atoms with Crippen LogP contribution in [0.15, 0.2) is 73.2 Å². The smallest absolute Gasteiger partial charge is 0.153 e. The zero-order valence-corrected chi connectivity index (χ0v) is 20.0. The quantitative estimate of drug-likeness (QED) is 0.268. The number of aromatic nitrogens is 2. The SMILES string of the molecule is CC(Oc1cc(C=Cc2nccc(-c3ccccc3)c2C#N)c(Cl)cc1C=O)c1cncc(C#N)c1. The van der Waals surface area contributed by atoms with E-state index in [4.69, 9.17) is 21.6 Å². The molecule has 2 heterocycles. The van der Waals surface area contributed by atoms with Crippen LogP contribution in [0.4, 0.5) is 0 Å². The number of halogens is 1. The van der Waals surface area contributed by atoms with Gasteiger partial charge in [0.1, 0.15) is 24.0 Å². The zero-order chi connectivity index (χ0) is 25.5. The lowest BCUT2D eigenvalue weighted by Gasteiger charge is -2.17. The summed E-state index contributed by atoms with van der Waals surface area (Å²) in [6, 6.07) is 20.6. The molecular weight excluding hydrogens is 472 g/mol. The minimum atomic E-state index is -0.475. The average molecular weight is 491 g/mol. The molecule has 2 aromatic carbocycles. The average Bonchev–Trinajstić information content (AvgIpc) is 2.93. The third-order valence-electron chi connectivity index (χ3n) is 5.52. The van der Waals surface area contributed by atoms with Gasteiger partial charge in [-0.15, -0.1) is 0 Å². The Kier molecular flexibility index (Phi) is 7.51. The molecule has 174 valence electrons. The maximum absolute atomic E-state index is 11.7. The molecule has 0 aliphatic rings. The van der Waals surface area contributed by atoms with Crippen LogP contribution in [0.1, 0.15) is 51.3 Å². The Morgan fingerprint density at radius 2 is 1.81 bits per heavy atom. The first-order chi connectivity index (χ1) is 17.5. The predicted molar refractivity (Wildman–Crippen MR) is 138 cm³/mol. The second kappa shape index (κ2) is 11.1. The van der Waals surface area contributed by atoms with E-state index in [9.17, 15) is 10.1 Å². The molecule has 4 aromatic rings. The van der Waals surface area contributed by atoms with Crippen molar-refractivity contribution >= 4 is 30.0 Å². The van der Waals surface area contributed by atoms with Gasteiger partial charge in [-0.25, -0.2) is 0 Å². The molecule has 0 bridgehead atoms. The van der Waals surface area contributed by atoms with Crippen molar-refractivity contribution in [3.8, 4) is 29.0 Å². The van der Waals surface area contributed by atoms with Crippen molar-refractivity contribution in [2.24, 2.45) is 0 Å². The van der Waals surface area contributed by atoms with Crippen molar-refractivity contribution in [2.45, 2.75) is 13.0 Å². The number of pyridine rings is 2. The van der Waals surface area contributed by atoms with Crippen LogP contribution >= 0.6 is 11.6 Å². The molecule has 0 saturated heterocycles. The highest BCUT2D eigenvalue weighted by molar-refractivity contribution is 6.32. The minimum absolute atomic E-state index is 0.287. The Bertz CT molecular complexity index is 1540. The number of carbonyl (C=O) groups is 1. The van der Waals surface area contributed by atoms with E-state index >= 15 is 0 Å². The number of nitrogens with zero attached hydrogens (tertiary/aromatic N) is 4. The first-order valence-electron chi connectivity index (χ1n) is 11.0. The molecule has 0 N–H and O–H groups in total. The molecule has 0 amide bonds. The molecular formula is C29H19ClN4O2. The number of hydrogen-bond donors (Lipinski definition) is 0. The van der Waals surface area contributed by atoms with Crippen LogP contribution in [0.25, 0.3) is 23.3 Å². The highest BCUT2D eigenvalue weighted by Crippen LogP contribution is 2.32. The fourth-order valence-electron chi connectivity index (χ4n) is 3.65. The van der Waals surface area contributed by atoms with Crippen LogP contribution in [0, 0.1) is 22.7 Å². The summed E-state index contributed by atoms with van der Waals surface area (Å²) in [4.78, 5) is 20.1. The molecule has 2 aromatic heterocycles. The van der Waals surface area contributed by atoms with E-state index in [0.29, 0.717) is 45.0 Å². The van der Waals surface area contributed by atoms with Crippen LogP contribution < -0.4 is 4.74 Å². The third-order valence-corrected chi connectivity index (χ3v) is 5.84. The zero-order valence-electron chi connectivity index (χ0n) is 19.2. The van der Waals surface area contributed by atoms with E-state index in [-0.39, 0.29) is 5.56 Å². The van der Waals surface area contributed by atoms with Crippen molar-refractivity contribution in [1.82, 2.24) is 9.97 Å². The van der Waals surface area contributed by atoms with Gasteiger partial charge in [0.25, 0.3) is 0 Å². The van der Waals surface area contributed by atoms with Crippen LogP contribution in [0.3, 0.4) is 0 Å². The van der Waals surface area contributed by atoms with Crippen LogP contribution in [0.2, 0.25) is 5.02 Å². The third kappa shape index (κ3) is 5.31. The Hall–Kier alpha value is -4.78. The van der Waals surface area contributed by atoms with Crippen molar-refractivity contribution in [3.05, 3.63) is 112 Å². The maximum Gasteiger partial charge on any atom is 0.153 e. The number of benzene rings is 2. The molecule has 36 heavy (non-hydrogen) atoms. The van der Waals surface area contributed by atoms with Crippen molar-refractivity contribution < 1.29 is 9.53 Å². The molecule has 0 fully saturated rings. The van der Waals surface area contributed by atoms with Crippen molar-refractivity contribution in [3.63, 3.8) is 0 Å². The predicted octanol–water partition coefficient (Wildman–Crippen LogP) is 6.66. The summed E-state index contributed by atoms with van der Waals surface area (Å²) in [6.45, 7) is 1.80. The monoisotopic (exact) mass is 490 g/mol. The second-order valence-corrected chi connectivity index (χ2v) is 8.25. The number of ether oxygens (including phenoxy) is 1. The highest BCUT2D eigenvalue weighted by Gasteiger charge is 2.15. The molecule has 6 nitrogen and oxygen atoms in total. The Labute approximate surface area is 213 Å². The van der Waals surface area contributed by atoms with Gasteiger partial charge in [0.2, 0.25) is 0 Å². The molecule has 0 spiro atoms. The number of rotatable bonds is 7. The normalized spacial score (nSPS) is 11.4. The van der Waals surface area contributed by atoms with Gasteiger partial charge in [0.15, 0.2) is 6.29 Å². The summed E-state index contributed by atoms with van der Waals surface area (Å²) in [7, 11) is 0. The van der Waals surface area contributed by atoms with Gasteiger partial charge in [-0.3, -0.25) is 14.8 Å². The standard InChI is InChI=1S/C29H19ClN4O2/c1-19(23-11-20(14-31)16-33-17-23)36-29-13-22(27(30)12-24(29)18-35)7-8-28-26(15-32)25(9-10-34-28)21-5-3-2-4-6-21/h2-13,16-19H,1H3. The van der Waals surface area contributed by atoms with Gasteiger partial charge in [-0.1, -0.05) is 48.0 Å². The Morgan fingerprint density at radius 3 is 2.53 bits per heavy atom. The Morgan fingerprint density at radius 1 is 1.00 bits per heavy atom. The number of nitriles is 2. The minimum Gasteiger partial charge on any atom is -0.485 e. The number of aldehydes is 1. The van der Waals surface area contributed by atoms with Crippen molar-refractivity contribution in [1.29, 1.82) is 10.5 Å². The second-order valence-electron chi connectivity index (χ2n) is 7.84. The first-order valence-corrected chi connectivity index (χ1v) is 11.3. The Balaban J connectivity index is 1.68. The largest absolute Gasteiger partial charge is 0.485 e. The summed E-state index contributed by atoms with van der Waals surface area (Å²) in [6.07, 6.45) is 8.36. The summed E-state index contributed by atoms with van der Waals surface area (Å²) < 4.78 is 6.05. The van der Waals surface area contributed by atoms with E-state index in [1.54, 1.807) is 49.7 Å². The number of carbonyl (C=O) groups excluding carboxylic acids is 1. The molecule has 0 radical (unpaired) electrons. The lowest BCUT2D eigenvalue weighted by molar-refractivity contribution is 0.111. The van der Waals surface area contributed by atoms with Crippen molar-refractivity contribution in [2.75, 3.05) is 0 Å². The molecule has 0 aliphatic carbocycles. The van der Waals surface area contributed by atoms with Crippen LogP contribution in [-0.2, 0) is 0 Å². The lowest BCUT2D eigenvalue weighted by Crippen LogP contribution is -2.06. The van der Waals surface area contributed by atoms with Gasteiger partial charge >= 0.3 is 0 Å². The van der Waals surface area contributed by atoms with Gasteiger partial charge in [0.05, 0.1) is 22.4 Å². The van der Waals surface area contributed by atoms with E-state index in [1.807, 2.05) is 30.3 Å². The molecule has 7 heteroatoms. The summed E-state index contributed by atoms with van der Waals surface area (Å²) >= 11 is 6.44. The lowest BCUT2D eigenvalue weighted by atomic mass is 9.99. The van der Waals surface area contributed by atoms with Crippen LogP contribution in [0.5, 0.6) is 5.75 Å². The van der Waals surface area contributed by atoms with Gasteiger partial charge < -0.3 is 4.74 Å². The summed E-state index contributed by atoms with van der Waals surface area (Å²) in [5, 5.41) is 19.3.